The molecular formula is C11H20N4. The zero-order chi connectivity index (χ0) is 10.7. The first-order valence-corrected chi connectivity index (χ1v) is 5.94. The zero-order valence-electron chi connectivity index (χ0n) is 9.66. The van der Waals surface area contributed by atoms with Gasteiger partial charge in [-0.15, -0.1) is 10.2 Å². The summed E-state index contributed by atoms with van der Waals surface area (Å²) in [5.74, 6) is 2.16. The van der Waals surface area contributed by atoms with Gasteiger partial charge in [0, 0.05) is 6.04 Å². The molecule has 15 heavy (non-hydrogen) atoms. The van der Waals surface area contributed by atoms with Crippen molar-refractivity contribution in [2.24, 2.45) is 0 Å². The molecule has 1 aromatic rings. The highest BCUT2D eigenvalue weighted by molar-refractivity contribution is 4.98. The minimum Gasteiger partial charge on any atom is -0.311 e. The van der Waals surface area contributed by atoms with E-state index in [2.05, 4.69) is 33.9 Å². The molecule has 1 heterocycles. The summed E-state index contributed by atoms with van der Waals surface area (Å²) in [6.45, 7) is 5.99. The Morgan fingerprint density at radius 3 is 2.73 bits per heavy atom. The van der Waals surface area contributed by atoms with Crippen LogP contribution in [0.4, 0.5) is 0 Å². The molecule has 0 saturated heterocycles. The van der Waals surface area contributed by atoms with Gasteiger partial charge in [-0.25, -0.2) is 0 Å². The topological polar surface area (TPSA) is 42.7 Å². The van der Waals surface area contributed by atoms with Gasteiger partial charge in [-0.1, -0.05) is 19.8 Å². The van der Waals surface area contributed by atoms with E-state index < -0.39 is 0 Å². The maximum atomic E-state index is 4.25. The standard InChI is InChI=1S/C11H20N4/c1-3-12-8-11-14-13-9(2)15(11)10-6-4-5-7-10/h10,12H,3-8H2,1-2H3. The molecule has 1 N–H and O–H groups in total. The molecule has 1 aliphatic rings. The van der Waals surface area contributed by atoms with Crippen molar-refractivity contribution in [1.29, 1.82) is 0 Å². The average Bonchev–Trinajstić information content (AvgIpc) is 2.84. The third-order valence-corrected chi connectivity index (χ3v) is 3.16. The lowest BCUT2D eigenvalue weighted by Crippen LogP contribution is -2.18. The van der Waals surface area contributed by atoms with E-state index in [1.165, 1.54) is 25.7 Å². The fourth-order valence-corrected chi connectivity index (χ4v) is 2.41. The van der Waals surface area contributed by atoms with Gasteiger partial charge in [-0.05, 0) is 26.3 Å². The predicted octanol–water partition coefficient (Wildman–Crippen LogP) is 1.81. The van der Waals surface area contributed by atoms with Gasteiger partial charge in [0.2, 0.25) is 0 Å². The van der Waals surface area contributed by atoms with Crippen LogP contribution in [0.25, 0.3) is 0 Å². The number of rotatable bonds is 4. The van der Waals surface area contributed by atoms with Gasteiger partial charge in [-0.3, -0.25) is 0 Å². The predicted molar refractivity (Wildman–Crippen MR) is 59.6 cm³/mol. The van der Waals surface area contributed by atoms with Gasteiger partial charge in [0.15, 0.2) is 0 Å². The van der Waals surface area contributed by atoms with Crippen LogP contribution in [0.5, 0.6) is 0 Å². The molecule has 1 fully saturated rings. The third kappa shape index (κ3) is 2.20. The van der Waals surface area contributed by atoms with Crippen LogP contribution in [0.3, 0.4) is 0 Å². The van der Waals surface area contributed by atoms with Crippen molar-refractivity contribution in [3.8, 4) is 0 Å². The molecule has 4 nitrogen and oxygen atoms in total. The van der Waals surface area contributed by atoms with Crippen molar-refractivity contribution in [1.82, 2.24) is 20.1 Å². The fraction of sp³-hybridized carbons (Fsp3) is 0.818. The lowest BCUT2D eigenvalue weighted by Gasteiger charge is -2.15. The molecular weight excluding hydrogens is 188 g/mol. The SMILES string of the molecule is CCNCc1nnc(C)n1C1CCCC1. The first-order chi connectivity index (χ1) is 7.33. The van der Waals surface area contributed by atoms with E-state index in [-0.39, 0.29) is 0 Å². The van der Waals surface area contributed by atoms with Crippen LogP contribution < -0.4 is 5.32 Å². The van der Waals surface area contributed by atoms with Gasteiger partial charge in [-0.2, -0.15) is 0 Å². The Bertz CT molecular complexity index is 312. The number of nitrogens with zero attached hydrogens (tertiary/aromatic N) is 3. The minimum atomic E-state index is 0.647. The second-order valence-electron chi connectivity index (χ2n) is 4.25. The molecule has 0 radical (unpaired) electrons. The molecule has 2 rings (SSSR count). The summed E-state index contributed by atoms with van der Waals surface area (Å²) in [6.07, 6.45) is 5.28. The van der Waals surface area contributed by atoms with Gasteiger partial charge in [0.25, 0.3) is 0 Å². The summed E-state index contributed by atoms with van der Waals surface area (Å²) < 4.78 is 2.33. The number of nitrogens with one attached hydrogen (secondary N) is 1. The zero-order valence-corrected chi connectivity index (χ0v) is 9.66. The van der Waals surface area contributed by atoms with E-state index in [9.17, 15) is 0 Å². The van der Waals surface area contributed by atoms with Crippen LogP contribution in [-0.2, 0) is 6.54 Å². The molecule has 0 amide bonds. The van der Waals surface area contributed by atoms with Crippen molar-refractivity contribution < 1.29 is 0 Å². The second-order valence-corrected chi connectivity index (χ2v) is 4.25. The molecule has 1 aromatic heterocycles. The minimum absolute atomic E-state index is 0.647. The van der Waals surface area contributed by atoms with E-state index in [1.54, 1.807) is 0 Å². The van der Waals surface area contributed by atoms with Crippen LogP contribution in [0.15, 0.2) is 0 Å². The number of hydrogen-bond donors (Lipinski definition) is 1. The average molecular weight is 208 g/mol. The van der Waals surface area contributed by atoms with Gasteiger partial charge in [0.05, 0.1) is 6.54 Å². The first kappa shape index (κ1) is 10.6. The molecule has 84 valence electrons. The summed E-state index contributed by atoms with van der Waals surface area (Å²) in [6, 6.07) is 0.647. The molecule has 4 heteroatoms. The summed E-state index contributed by atoms with van der Waals surface area (Å²) >= 11 is 0. The van der Waals surface area contributed by atoms with Crippen molar-refractivity contribution in [2.75, 3.05) is 6.54 Å². The Hall–Kier alpha value is -0.900. The number of aryl methyl sites for hydroxylation is 1. The van der Waals surface area contributed by atoms with Crippen LogP contribution in [0, 0.1) is 6.92 Å². The van der Waals surface area contributed by atoms with Crippen molar-refractivity contribution in [3.63, 3.8) is 0 Å². The first-order valence-electron chi connectivity index (χ1n) is 5.94. The van der Waals surface area contributed by atoms with E-state index in [4.69, 9.17) is 0 Å². The highest BCUT2D eigenvalue weighted by Crippen LogP contribution is 2.30. The quantitative estimate of drug-likeness (QED) is 0.820. The van der Waals surface area contributed by atoms with E-state index in [0.717, 1.165) is 24.7 Å². The van der Waals surface area contributed by atoms with Crippen molar-refractivity contribution in [2.45, 2.75) is 52.1 Å². The van der Waals surface area contributed by atoms with Crippen LogP contribution >= 0.6 is 0 Å². The summed E-state index contributed by atoms with van der Waals surface area (Å²) in [7, 11) is 0. The maximum Gasteiger partial charge on any atom is 0.147 e. The third-order valence-electron chi connectivity index (χ3n) is 3.16. The Labute approximate surface area is 91.1 Å². The molecule has 1 saturated carbocycles. The molecule has 1 aliphatic carbocycles. The van der Waals surface area contributed by atoms with Gasteiger partial charge >= 0.3 is 0 Å². The molecule has 0 spiro atoms. The Balaban J connectivity index is 2.15. The lowest BCUT2D eigenvalue weighted by molar-refractivity contribution is 0.477. The van der Waals surface area contributed by atoms with E-state index in [1.807, 2.05) is 0 Å². The Morgan fingerprint density at radius 2 is 2.07 bits per heavy atom. The van der Waals surface area contributed by atoms with Crippen LogP contribution in [0.1, 0.15) is 50.3 Å². The monoisotopic (exact) mass is 208 g/mol. The summed E-state index contributed by atoms with van der Waals surface area (Å²) in [4.78, 5) is 0. The van der Waals surface area contributed by atoms with E-state index >= 15 is 0 Å². The van der Waals surface area contributed by atoms with Crippen LogP contribution in [0.2, 0.25) is 0 Å². The maximum absolute atomic E-state index is 4.25. The van der Waals surface area contributed by atoms with Crippen molar-refractivity contribution >= 4 is 0 Å². The summed E-state index contributed by atoms with van der Waals surface area (Å²) in [5, 5.41) is 11.8. The lowest BCUT2D eigenvalue weighted by atomic mass is 10.2. The smallest absolute Gasteiger partial charge is 0.147 e. The Kier molecular flexibility index (Phi) is 3.36. The highest BCUT2D eigenvalue weighted by atomic mass is 15.3. The fourth-order valence-electron chi connectivity index (χ4n) is 2.41. The van der Waals surface area contributed by atoms with Gasteiger partial charge < -0.3 is 9.88 Å². The normalized spacial score (nSPS) is 17.5. The molecule has 0 bridgehead atoms. The largest absolute Gasteiger partial charge is 0.311 e. The molecule has 0 unspecified atom stereocenters. The van der Waals surface area contributed by atoms with Gasteiger partial charge in [0.1, 0.15) is 11.6 Å². The molecule has 0 aliphatic heterocycles. The summed E-state index contributed by atoms with van der Waals surface area (Å²) in [5.41, 5.74) is 0. The molecule has 0 atom stereocenters. The van der Waals surface area contributed by atoms with Crippen LogP contribution in [-0.4, -0.2) is 21.3 Å². The van der Waals surface area contributed by atoms with Crippen molar-refractivity contribution in [3.05, 3.63) is 11.6 Å². The molecule has 0 aromatic carbocycles. The van der Waals surface area contributed by atoms with E-state index in [0.29, 0.717) is 6.04 Å². The second kappa shape index (κ2) is 4.75. The number of hydrogen-bond acceptors (Lipinski definition) is 3. The highest BCUT2D eigenvalue weighted by Gasteiger charge is 2.21. The number of aromatic nitrogens is 3. The Morgan fingerprint density at radius 1 is 1.33 bits per heavy atom.